The number of fused-ring (bicyclic) bond motifs is 1. The van der Waals surface area contributed by atoms with Gasteiger partial charge in [0.1, 0.15) is 0 Å². The van der Waals surface area contributed by atoms with Crippen LogP contribution >= 0.6 is 0 Å². The summed E-state index contributed by atoms with van der Waals surface area (Å²) < 4.78 is 7.04. The molecule has 1 aliphatic heterocycles. The van der Waals surface area contributed by atoms with E-state index in [-0.39, 0.29) is 5.97 Å². The van der Waals surface area contributed by atoms with E-state index < -0.39 is 0 Å². The van der Waals surface area contributed by atoms with Crippen molar-refractivity contribution in [3.05, 3.63) is 23.5 Å². The SMILES string of the molecule is CCOC(=O)c1cc2n(c1)CCC2. The lowest BCUT2D eigenvalue weighted by Crippen LogP contribution is -2.03. The summed E-state index contributed by atoms with van der Waals surface area (Å²) in [5, 5.41) is 0. The summed E-state index contributed by atoms with van der Waals surface area (Å²) in [6.07, 6.45) is 4.16. The van der Waals surface area contributed by atoms with Gasteiger partial charge in [0.2, 0.25) is 0 Å². The lowest BCUT2D eigenvalue weighted by molar-refractivity contribution is 0.0526. The molecule has 0 amide bonds. The Morgan fingerprint density at radius 3 is 3.23 bits per heavy atom. The first kappa shape index (κ1) is 8.35. The van der Waals surface area contributed by atoms with Crippen LogP contribution in [-0.2, 0) is 17.7 Å². The Kier molecular flexibility index (Phi) is 2.08. The molecule has 3 nitrogen and oxygen atoms in total. The predicted octanol–water partition coefficient (Wildman–Crippen LogP) is 1.61. The van der Waals surface area contributed by atoms with Crippen molar-refractivity contribution in [3.63, 3.8) is 0 Å². The van der Waals surface area contributed by atoms with Crippen molar-refractivity contribution in [3.8, 4) is 0 Å². The van der Waals surface area contributed by atoms with Crippen LogP contribution in [0.1, 0.15) is 29.4 Å². The van der Waals surface area contributed by atoms with Gasteiger partial charge in [0, 0.05) is 18.4 Å². The molecule has 0 radical (unpaired) electrons. The first-order valence-electron chi connectivity index (χ1n) is 4.67. The van der Waals surface area contributed by atoms with E-state index in [1.54, 1.807) is 0 Å². The average molecular weight is 179 g/mol. The van der Waals surface area contributed by atoms with Crippen LogP contribution in [0.5, 0.6) is 0 Å². The van der Waals surface area contributed by atoms with E-state index >= 15 is 0 Å². The van der Waals surface area contributed by atoms with E-state index in [2.05, 4.69) is 4.57 Å². The number of ether oxygens (including phenoxy) is 1. The molecule has 13 heavy (non-hydrogen) atoms. The predicted molar refractivity (Wildman–Crippen MR) is 48.7 cm³/mol. The maximum Gasteiger partial charge on any atom is 0.339 e. The molecule has 0 N–H and O–H groups in total. The van der Waals surface area contributed by atoms with E-state index in [1.807, 2.05) is 19.2 Å². The highest BCUT2D eigenvalue weighted by atomic mass is 16.5. The minimum atomic E-state index is -0.204. The summed E-state index contributed by atoms with van der Waals surface area (Å²) in [5.74, 6) is -0.204. The van der Waals surface area contributed by atoms with Gasteiger partial charge < -0.3 is 9.30 Å². The summed E-state index contributed by atoms with van der Waals surface area (Å²) in [5.41, 5.74) is 1.94. The van der Waals surface area contributed by atoms with Gasteiger partial charge in [0.15, 0.2) is 0 Å². The topological polar surface area (TPSA) is 31.2 Å². The van der Waals surface area contributed by atoms with Crippen LogP contribution in [-0.4, -0.2) is 17.1 Å². The molecule has 0 fully saturated rings. The number of carbonyl (C=O) groups excluding carboxylic acids is 1. The number of carbonyl (C=O) groups is 1. The van der Waals surface area contributed by atoms with Crippen molar-refractivity contribution in [1.29, 1.82) is 0 Å². The van der Waals surface area contributed by atoms with Gasteiger partial charge >= 0.3 is 5.97 Å². The molecule has 2 rings (SSSR count). The van der Waals surface area contributed by atoms with Gasteiger partial charge in [-0.2, -0.15) is 0 Å². The minimum absolute atomic E-state index is 0.204. The summed E-state index contributed by atoms with van der Waals surface area (Å²) in [6, 6.07) is 1.94. The molecule has 0 saturated carbocycles. The number of aryl methyl sites for hydroxylation is 2. The maximum absolute atomic E-state index is 11.3. The van der Waals surface area contributed by atoms with E-state index in [9.17, 15) is 4.79 Å². The number of rotatable bonds is 2. The van der Waals surface area contributed by atoms with Gasteiger partial charge in [-0.1, -0.05) is 0 Å². The second kappa shape index (κ2) is 3.24. The second-order valence-electron chi connectivity index (χ2n) is 3.24. The van der Waals surface area contributed by atoms with E-state index in [0.717, 1.165) is 13.0 Å². The van der Waals surface area contributed by atoms with Crippen molar-refractivity contribution in [2.24, 2.45) is 0 Å². The summed E-state index contributed by atoms with van der Waals surface area (Å²) in [6.45, 7) is 3.30. The Morgan fingerprint density at radius 2 is 2.54 bits per heavy atom. The maximum atomic E-state index is 11.3. The van der Waals surface area contributed by atoms with Crippen LogP contribution in [0.15, 0.2) is 12.3 Å². The highest BCUT2D eigenvalue weighted by molar-refractivity contribution is 5.89. The van der Waals surface area contributed by atoms with Crippen LogP contribution in [0.4, 0.5) is 0 Å². The zero-order valence-corrected chi connectivity index (χ0v) is 7.75. The molecule has 0 unspecified atom stereocenters. The Labute approximate surface area is 77.3 Å². The Hall–Kier alpha value is -1.25. The quantitative estimate of drug-likeness (QED) is 0.646. The zero-order valence-electron chi connectivity index (χ0n) is 7.75. The molecule has 3 heteroatoms. The van der Waals surface area contributed by atoms with Gasteiger partial charge in [0.05, 0.1) is 12.2 Å². The molecule has 1 aromatic heterocycles. The van der Waals surface area contributed by atoms with Gasteiger partial charge in [0.25, 0.3) is 0 Å². The molecule has 1 aromatic rings. The smallest absolute Gasteiger partial charge is 0.339 e. The first-order chi connectivity index (χ1) is 6.31. The monoisotopic (exact) mass is 179 g/mol. The molecule has 0 aromatic carbocycles. The number of hydrogen-bond donors (Lipinski definition) is 0. The van der Waals surface area contributed by atoms with Crippen molar-refractivity contribution in [2.75, 3.05) is 6.61 Å². The molecular formula is C10H13NO2. The number of esters is 1. The van der Waals surface area contributed by atoms with Crippen molar-refractivity contribution < 1.29 is 9.53 Å². The lowest BCUT2D eigenvalue weighted by Gasteiger charge is -1.97. The molecule has 1 aliphatic rings. The third kappa shape index (κ3) is 1.46. The van der Waals surface area contributed by atoms with Crippen LogP contribution in [0.25, 0.3) is 0 Å². The van der Waals surface area contributed by atoms with E-state index in [4.69, 9.17) is 4.74 Å². The number of aromatic nitrogens is 1. The molecule has 0 saturated heterocycles. The van der Waals surface area contributed by atoms with Crippen LogP contribution < -0.4 is 0 Å². The molecule has 0 aliphatic carbocycles. The summed E-state index contributed by atoms with van der Waals surface area (Å²) in [7, 11) is 0. The Bertz CT molecular complexity index is 306. The fraction of sp³-hybridized carbons (Fsp3) is 0.500. The molecule has 0 bridgehead atoms. The van der Waals surface area contributed by atoms with Gasteiger partial charge in [-0.15, -0.1) is 0 Å². The zero-order chi connectivity index (χ0) is 9.26. The van der Waals surface area contributed by atoms with E-state index in [1.165, 1.54) is 12.1 Å². The largest absolute Gasteiger partial charge is 0.462 e. The summed E-state index contributed by atoms with van der Waals surface area (Å²) in [4.78, 5) is 11.3. The number of nitrogens with zero attached hydrogens (tertiary/aromatic N) is 1. The van der Waals surface area contributed by atoms with Crippen molar-refractivity contribution in [2.45, 2.75) is 26.3 Å². The Balaban J connectivity index is 2.18. The molecule has 0 atom stereocenters. The summed E-state index contributed by atoms with van der Waals surface area (Å²) >= 11 is 0. The first-order valence-corrected chi connectivity index (χ1v) is 4.67. The fourth-order valence-corrected chi connectivity index (χ4v) is 1.73. The van der Waals surface area contributed by atoms with Crippen LogP contribution in [0, 0.1) is 0 Å². The highest BCUT2D eigenvalue weighted by Crippen LogP contribution is 2.18. The van der Waals surface area contributed by atoms with Gasteiger partial charge in [-0.25, -0.2) is 4.79 Å². The highest BCUT2D eigenvalue weighted by Gasteiger charge is 2.16. The minimum Gasteiger partial charge on any atom is -0.462 e. The fourth-order valence-electron chi connectivity index (χ4n) is 1.73. The third-order valence-corrected chi connectivity index (χ3v) is 2.33. The average Bonchev–Trinajstić information content (AvgIpc) is 2.61. The number of hydrogen-bond acceptors (Lipinski definition) is 2. The van der Waals surface area contributed by atoms with Crippen molar-refractivity contribution >= 4 is 5.97 Å². The van der Waals surface area contributed by atoms with E-state index in [0.29, 0.717) is 12.2 Å². The molecule has 0 spiro atoms. The van der Waals surface area contributed by atoms with Crippen molar-refractivity contribution in [1.82, 2.24) is 4.57 Å². The molecular weight excluding hydrogens is 166 g/mol. The second-order valence-corrected chi connectivity index (χ2v) is 3.24. The van der Waals surface area contributed by atoms with Crippen LogP contribution in [0.3, 0.4) is 0 Å². The molecule has 2 heterocycles. The normalized spacial score (nSPS) is 14.2. The molecule has 70 valence electrons. The Morgan fingerprint density at radius 1 is 1.69 bits per heavy atom. The lowest BCUT2D eigenvalue weighted by atomic mass is 10.2. The van der Waals surface area contributed by atoms with Gasteiger partial charge in [-0.3, -0.25) is 0 Å². The standard InChI is InChI=1S/C10H13NO2/c1-2-13-10(12)8-6-9-4-3-5-11(9)7-8/h6-7H,2-5H2,1H3. The van der Waals surface area contributed by atoms with Crippen LogP contribution in [0.2, 0.25) is 0 Å². The van der Waals surface area contributed by atoms with Gasteiger partial charge in [-0.05, 0) is 25.8 Å². The third-order valence-electron chi connectivity index (χ3n) is 2.33.